The van der Waals surface area contributed by atoms with E-state index in [9.17, 15) is 4.79 Å². The van der Waals surface area contributed by atoms with Crippen molar-refractivity contribution >= 4 is 41.5 Å². The van der Waals surface area contributed by atoms with Crippen LogP contribution in [0.3, 0.4) is 0 Å². The molecule has 3 nitrogen and oxygen atoms in total. The fraction of sp³-hybridized carbons (Fsp3) is 0.462. The minimum atomic E-state index is 0. The van der Waals surface area contributed by atoms with Gasteiger partial charge < -0.3 is 11.1 Å². The molecule has 1 aromatic carbocycles. The summed E-state index contributed by atoms with van der Waals surface area (Å²) in [5, 5.41) is 2.88. The van der Waals surface area contributed by atoms with E-state index in [0.29, 0.717) is 11.4 Å². The zero-order valence-corrected chi connectivity index (χ0v) is 12.9. The smallest absolute Gasteiger partial charge is 0.234 e. The number of hydrogen-bond acceptors (Lipinski definition) is 3. The number of nitrogen functional groups attached to an aromatic ring is 1. The van der Waals surface area contributed by atoms with Crippen molar-refractivity contribution in [1.29, 1.82) is 0 Å². The molecule has 0 aliphatic rings. The standard InChI is InChI=1S/C13H20N2OS.ClH/c1-9-5-6-10(14)7-11(9)15-12(16)8-17-13(2,3)4;/h5-7H,8,14H2,1-4H3,(H,15,16);1H. The number of hydrogen-bond donors (Lipinski definition) is 2. The number of carbonyl (C=O) groups is 1. The van der Waals surface area contributed by atoms with Crippen molar-refractivity contribution in [2.24, 2.45) is 0 Å². The van der Waals surface area contributed by atoms with Crippen LogP contribution in [-0.4, -0.2) is 16.4 Å². The second-order valence-electron chi connectivity index (χ2n) is 5.02. The molecule has 1 aromatic rings. The molecule has 0 saturated carbocycles. The summed E-state index contributed by atoms with van der Waals surface area (Å²) in [6.45, 7) is 8.23. The fourth-order valence-corrected chi connectivity index (χ4v) is 1.88. The van der Waals surface area contributed by atoms with Crippen molar-refractivity contribution in [3.05, 3.63) is 23.8 Å². The molecule has 0 heterocycles. The number of nitrogens with one attached hydrogen (secondary N) is 1. The van der Waals surface area contributed by atoms with E-state index in [1.807, 2.05) is 19.1 Å². The Morgan fingerprint density at radius 2 is 2.00 bits per heavy atom. The number of amides is 1. The van der Waals surface area contributed by atoms with Gasteiger partial charge in [0, 0.05) is 16.1 Å². The van der Waals surface area contributed by atoms with Crippen molar-refractivity contribution < 1.29 is 4.79 Å². The largest absolute Gasteiger partial charge is 0.399 e. The first-order valence-electron chi connectivity index (χ1n) is 5.58. The van der Waals surface area contributed by atoms with Crippen LogP contribution >= 0.6 is 24.2 Å². The van der Waals surface area contributed by atoms with E-state index in [0.717, 1.165) is 11.3 Å². The third-order valence-corrected chi connectivity index (χ3v) is 3.44. The van der Waals surface area contributed by atoms with Gasteiger partial charge in [0.1, 0.15) is 0 Å². The summed E-state index contributed by atoms with van der Waals surface area (Å²) in [5.74, 6) is 0.469. The highest BCUT2D eigenvalue weighted by molar-refractivity contribution is 8.01. The molecule has 1 amide bonds. The molecule has 0 aromatic heterocycles. The first-order chi connectivity index (χ1) is 7.78. The number of rotatable bonds is 3. The Balaban J connectivity index is 0.00000289. The Morgan fingerprint density at radius 3 is 2.56 bits per heavy atom. The number of halogens is 1. The molecule has 18 heavy (non-hydrogen) atoms. The van der Waals surface area contributed by atoms with Crippen LogP contribution in [-0.2, 0) is 4.79 Å². The highest BCUT2D eigenvalue weighted by Gasteiger charge is 2.13. The zero-order valence-electron chi connectivity index (χ0n) is 11.2. The van der Waals surface area contributed by atoms with Crippen LogP contribution in [0, 0.1) is 6.92 Å². The van der Waals surface area contributed by atoms with Crippen molar-refractivity contribution in [2.75, 3.05) is 16.8 Å². The first kappa shape index (κ1) is 17.1. The predicted octanol–water partition coefficient (Wildman–Crippen LogP) is 3.47. The molecule has 3 N–H and O–H groups in total. The van der Waals surface area contributed by atoms with Crippen molar-refractivity contribution in [1.82, 2.24) is 0 Å². The summed E-state index contributed by atoms with van der Waals surface area (Å²) in [6, 6.07) is 5.52. The topological polar surface area (TPSA) is 55.1 Å². The van der Waals surface area contributed by atoms with Crippen LogP contribution in [0.1, 0.15) is 26.3 Å². The van der Waals surface area contributed by atoms with Crippen molar-refractivity contribution in [3.8, 4) is 0 Å². The van der Waals surface area contributed by atoms with Crippen molar-refractivity contribution in [3.63, 3.8) is 0 Å². The molecular formula is C13H21ClN2OS. The molecule has 0 fully saturated rings. The van der Waals surface area contributed by atoms with Crippen LogP contribution in [0.25, 0.3) is 0 Å². The summed E-state index contributed by atoms with van der Waals surface area (Å²) in [7, 11) is 0. The maximum absolute atomic E-state index is 11.7. The van der Waals surface area contributed by atoms with E-state index in [-0.39, 0.29) is 23.1 Å². The number of thioether (sulfide) groups is 1. The van der Waals surface area contributed by atoms with Gasteiger partial charge in [-0.1, -0.05) is 26.8 Å². The minimum Gasteiger partial charge on any atom is -0.399 e. The molecule has 0 spiro atoms. The molecule has 0 atom stereocenters. The summed E-state index contributed by atoms with van der Waals surface area (Å²) in [5.41, 5.74) is 8.17. The van der Waals surface area contributed by atoms with Crippen molar-refractivity contribution in [2.45, 2.75) is 32.4 Å². The lowest BCUT2D eigenvalue weighted by atomic mass is 10.2. The summed E-state index contributed by atoms with van der Waals surface area (Å²) in [6.07, 6.45) is 0. The monoisotopic (exact) mass is 288 g/mol. The van der Waals surface area contributed by atoms with Crippen LogP contribution in [0.4, 0.5) is 11.4 Å². The molecule has 0 radical (unpaired) electrons. The SMILES string of the molecule is Cc1ccc(N)cc1NC(=O)CSC(C)(C)C.Cl. The van der Waals surface area contributed by atoms with Gasteiger partial charge in [-0.25, -0.2) is 0 Å². The van der Waals surface area contributed by atoms with E-state index >= 15 is 0 Å². The quantitative estimate of drug-likeness (QED) is 0.838. The fourth-order valence-electron chi connectivity index (χ4n) is 1.24. The molecule has 102 valence electrons. The van der Waals surface area contributed by atoms with E-state index in [2.05, 4.69) is 26.1 Å². The van der Waals surface area contributed by atoms with Gasteiger partial charge >= 0.3 is 0 Å². The van der Waals surface area contributed by atoms with Gasteiger partial charge in [0.2, 0.25) is 5.91 Å². The Morgan fingerprint density at radius 1 is 1.39 bits per heavy atom. The maximum atomic E-state index is 11.7. The van der Waals surface area contributed by atoms with Gasteiger partial charge in [0.15, 0.2) is 0 Å². The highest BCUT2D eigenvalue weighted by Crippen LogP contribution is 2.24. The summed E-state index contributed by atoms with van der Waals surface area (Å²) < 4.78 is 0.0993. The third kappa shape index (κ3) is 6.17. The lowest BCUT2D eigenvalue weighted by Crippen LogP contribution is -2.19. The molecular weight excluding hydrogens is 268 g/mol. The van der Waals surface area contributed by atoms with Crippen LogP contribution in [0.15, 0.2) is 18.2 Å². The molecule has 0 aliphatic carbocycles. The van der Waals surface area contributed by atoms with Gasteiger partial charge in [-0.15, -0.1) is 24.2 Å². The van der Waals surface area contributed by atoms with Gasteiger partial charge in [-0.3, -0.25) is 4.79 Å². The predicted molar refractivity (Wildman–Crippen MR) is 83.7 cm³/mol. The average Bonchev–Trinajstić information content (AvgIpc) is 2.20. The van der Waals surface area contributed by atoms with Gasteiger partial charge in [0.25, 0.3) is 0 Å². The Bertz CT molecular complexity index is 416. The average molecular weight is 289 g/mol. The zero-order chi connectivity index (χ0) is 13.1. The van der Waals surface area contributed by atoms with E-state index in [1.165, 1.54) is 0 Å². The Labute approximate surface area is 119 Å². The third-order valence-electron chi connectivity index (χ3n) is 2.17. The van der Waals surface area contributed by atoms with E-state index in [1.54, 1.807) is 17.8 Å². The van der Waals surface area contributed by atoms with Crippen LogP contribution in [0.2, 0.25) is 0 Å². The summed E-state index contributed by atoms with van der Waals surface area (Å²) in [4.78, 5) is 11.7. The molecule has 0 aliphatic heterocycles. The number of aryl methyl sites for hydroxylation is 1. The second kappa shape index (κ2) is 6.90. The molecule has 0 saturated heterocycles. The number of benzene rings is 1. The van der Waals surface area contributed by atoms with Crippen LogP contribution in [0.5, 0.6) is 0 Å². The Hall–Kier alpha value is -0.870. The molecule has 1 rings (SSSR count). The number of nitrogens with two attached hydrogens (primary N) is 1. The summed E-state index contributed by atoms with van der Waals surface area (Å²) >= 11 is 1.63. The normalized spacial score (nSPS) is 10.7. The van der Waals surface area contributed by atoms with Gasteiger partial charge in [0.05, 0.1) is 5.75 Å². The van der Waals surface area contributed by atoms with E-state index < -0.39 is 0 Å². The highest BCUT2D eigenvalue weighted by atomic mass is 35.5. The Kier molecular flexibility index (Phi) is 6.57. The molecule has 0 bridgehead atoms. The molecule has 0 unspecified atom stereocenters. The minimum absolute atomic E-state index is 0. The lowest BCUT2D eigenvalue weighted by molar-refractivity contribution is -0.113. The molecule has 5 heteroatoms. The van der Waals surface area contributed by atoms with Crippen LogP contribution < -0.4 is 11.1 Å². The second-order valence-corrected chi connectivity index (χ2v) is 6.83. The van der Waals surface area contributed by atoms with Gasteiger partial charge in [-0.05, 0) is 24.6 Å². The number of carbonyl (C=O) groups excluding carboxylic acids is 1. The number of anilines is 2. The maximum Gasteiger partial charge on any atom is 0.234 e. The lowest BCUT2D eigenvalue weighted by Gasteiger charge is -2.17. The van der Waals surface area contributed by atoms with Gasteiger partial charge in [-0.2, -0.15) is 0 Å². The first-order valence-corrected chi connectivity index (χ1v) is 6.56. The van der Waals surface area contributed by atoms with E-state index in [4.69, 9.17) is 5.73 Å².